The van der Waals surface area contributed by atoms with Crippen molar-refractivity contribution in [3.8, 4) is 5.75 Å². The fourth-order valence-corrected chi connectivity index (χ4v) is 2.71. The molecule has 0 radical (unpaired) electrons. The monoisotopic (exact) mass is 301 g/mol. The maximum atomic E-state index is 12.3. The first kappa shape index (κ1) is 14.4. The summed E-state index contributed by atoms with van der Waals surface area (Å²) in [6.07, 6.45) is 0.358. The Labute approximate surface area is 128 Å². The summed E-state index contributed by atoms with van der Waals surface area (Å²) in [5, 5.41) is 3.84. The van der Waals surface area contributed by atoms with E-state index in [-0.39, 0.29) is 17.9 Å². The van der Waals surface area contributed by atoms with E-state index in [9.17, 15) is 9.59 Å². The average molecular weight is 301 g/mol. The van der Waals surface area contributed by atoms with E-state index >= 15 is 0 Å². The second kappa shape index (κ2) is 5.71. The Balaban J connectivity index is 1.75. The van der Waals surface area contributed by atoms with Crippen LogP contribution in [0.25, 0.3) is 10.9 Å². The van der Waals surface area contributed by atoms with E-state index in [1.165, 1.54) is 0 Å². The van der Waals surface area contributed by atoms with Gasteiger partial charge in [-0.05, 0) is 25.1 Å². The normalized spacial score (nSPS) is 18.0. The molecule has 1 aromatic heterocycles. The molecule has 2 amide bonds. The van der Waals surface area contributed by atoms with Gasteiger partial charge in [0.2, 0.25) is 5.91 Å². The third-order valence-electron chi connectivity index (χ3n) is 3.83. The van der Waals surface area contributed by atoms with E-state index in [1.54, 1.807) is 18.0 Å². The largest absolute Gasteiger partial charge is 0.494 e. The van der Waals surface area contributed by atoms with Crippen LogP contribution in [0.3, 0.4) is 0 Å². The van der Waals surface area contributed by atoms with Crippen LogP contribution in [0.2, 0.25) is 0 Å². The first-order valence-electron chi connectivity index (χ1n) is 7.37. The molecule has 2 aromatic rings. The molecule has 2 N–H and O–H groups in total. The van der Waals surface area contributed by atoms with Crippen molar-refractivity contribution in [2.45, 2.75) is 19.4 Å². The lowest BCUT2D eigenvalue weighted by molar-refractivity contribution is -0.126. The van der Waals surface area contributed by atoms with Crippen molar-refractivity contribution >= 4 is 22.7 Å². The summed E-state index contributed by atoms with van der Waals surface area (Å²) in [5.41, 5.74) is 1.35. The predicted molar refractivity (Wildman–Crippen MR) is 83.0 cm³/mol. The summed E-state index contributed by atoms with van der Waals surface area (Å²) in [7, 11) is 1.74. The van der Waals surface area contributed by atoms with Crippen LogP contribution in [0.4, 0.5) is 0 Å². The third kappa shape index (κ3) is 2.77. The highest BCUT2D eigenvalue weighted by Crippen LogP contribution is 2.21. The zero-order valence-corrected chi connectivity index (χ0v) is 12.7. The van der Waals surface area contributed by atoms with Gasteiger partial charge in [0.15, 0.2) is 0 Å². The number of carbonyl (C=O) groups excluding carboxylic acids is 2. The zero-order valence-electron chi connectivity index (χ0n) is 12.7. The summed E-state index contributed by atoms with van der Waals surface area (Å²) >= 11 is 0. The van der Waals surface area contributed by atoms with E-state index in [4.69, 9.17) is 4.74 Å². The predicted octanol–water partition coefficient (Wildman–Crippen LogP) is 1.53. The van der Waals surface area contributed by atoms with Crippen LogP contribution in [-0.4, -0.2) is 47.9 Å². The van der Waals surface area contributed by atoms with Crippen LogP contribution in [-0.2, 0) is 4.79 Å². The molecule has 3 rings (SSSR count). The number of aromatic amines is 1. The lowest BCUT2D eigenvalue weighted by Crippen LogP contribution is -2.36. The molecular weight excluding hydrogens is 282 g/mol. The molecule has 1 atom stereocenters. The number of nitrogens with zero attached hydrogens (tertiary/aromatic N) is 1. The summed E-state index contributed by atoms with van der Waals surface area (Å²) < 4.78 is 5.45. The number of rotatable bonds is 4. The molecule has 116 valence electrons. The highest BCUT2D eigenvalue weighted by atomic mass is 16.5. The van der Waals surface area contributed by atoms with E-state index < -0.39 is 0 Å². The summed E-state index contributed by atoms with van der Waals surface area (Å²) in [6, 6.07) is 7.35. The summed E-state index contributed by atoms with van der Waals surface area (Å²) in [6.45, 7) is 3.08. The van der Waals surface area contributed by atoms with Gasteiger partial charge in [-0.3, -0.25) is 9.59 Å². The number of carbonyl (C=O) groups is 2. The molecule has 1 aromatic carbocycles. The highest BCUT2D eigenvalue weighted by molar-refractivity contribution is 5.98. The molecule has 1 fully saturated rings. The molecule has 0 bridgehead atoms. The molecule has 0 unspecified atom stereocenters. The Morgan fingerprint density at radius 3 is 2.95 bits per heavy atom. The number of amides is 2. The zero-order chi connectivity index (χ0) is 15.7. The van der Waals surface area contributed by atoms with Crippen LogP contribution >= 0.6 is 0 Å². The van der Waals surface area contributed by atoms with Crippen LogP contribution in [0.15, 0.2) is 24.3 Å². The van der Waals surface area contributed by atoms with E-state index in [1.807, 2.05) is 25.1 Å². The first-order valence-corrected chi connectivity index (χ1v) is 7.37. The Hall–Kier alpha value is -2.50. The van der Waals surface area contributed by atoms with Crippen LogP contribution in [0.5, 0.6) is 5.75 Å². The SMILES string of the molecule is CCOc1ccc2cc(C(=O)N[C@H]3CC(=O)N(C)C3)[nH]c2c1. The molecule has 0 saturated carbocycles. The minimum Gasteiger partial charge on any atom is -0.494 e. The van der Waals surface area contributed by atoms with Crippen LogP contribution in [0.1, 0.15) is 23.8 Å². The Kier molecular flexibility index (Phi) is 3.75. The third-order valence-corrected chi connectivity index (χ3v) is 3.83. The minimum atomic E-state index is -0.192. The highest BCUT2D eigenvalue weighted by Gasteiger charge is 2.28. The Bertz CT molecular complexity index is 722. The van der Waals surface area contributed by atoms with Crippen molar-refractivity contribution < 1.29 is 14.3 Å². The van der Waals surface area contributed by atoms with Gasteiger partial charge in [-0.2, -0.15) is 0 Å². The number of H-pyrrole nitrogens is 1. The smallest absolute Gasteiger partial charge is 0.268 e. The van der Waals surface area contributed by atoms with E-state index in [0.29, 0.717) is 25.3 Å². The summed E-state index contributed by atoms with van der Waals surface area (Å²) in [5.74, 6) is 0.636. The molecule has 0 aliphatic carbocycles. The van der Waals surface area contributed by atoms with Crippen molar-refractivity contribution in [2.24, 2.45) is 0 Å². The van der Waals surface area contributed by atoms with Crippen molar-refractivity contribution in [3.63, 3.8) is 0 Å². The summed E-state index contributed by atoms with van der Waals surface area (Å²) in [4.78, 5) is 28.5. The van der Waals surface area contributed by atoms with E-state index in [0.717, 1.165) is 16.7 Å². The molecule has 6 nitrogen and oxygen atoms in total. The van der Waals surface area contributed by atoms with Gasteiger partial charge in [0.1, 0.15) is 11.4 Å². The molecular formula is C16H19N3O3. The van der Waals surface area contributed by atoms with Gasteiger partial charge >= 0.3 is 0 Å². The number of aromatic nitrogens is 1. The maximum absolute atomic E-state index is 12.3. The molecule has 2 heterocycles. The molecule has 6 heteroatoms. The number of likely N-dealkylation sites (N-methyl/N-ethyl adjacent to an activating group) is 1. The fraction of sp³-hybridized carbons (Fsp3) is 0.375. The minimum absolute atomic E-state index is 0.0586. The Morgan fingerprint density at radius 1 is 1.45 bits per heavy atom. The van der Waals surface area contributed by atoms with Crippen molar-refractivity contribution in [2.75, 3.05) is 20.2 Å². The van der Waals surface area contributed by atoms with Crippen molar-refractivity contribution in [1.29, 1.82) is 0 Å². The number of fused-ring (bicyclic) bond motifs is 1. The quantitative estimate of drug-likeness (QED) is 0.899. The van der Waals surface area contributed by atoms with Gasteiger partial charge in [-0.1, -0.05) is 0 Å². The van der Waals surface area contributed by atoms with Gasteiger partial charge in [0.25, 0.3) is 5.91 Å². The van der Waals surface area contributed by atoms with Gasteiger partial charge in [0, 0.05) is 37.0 Å². The number of benzene rings is 1. The number of hydrogen-bond acceptors (Lipinski definition) is 3. The number of likely N-dealkylation sites (tertiary alicyclic amines) is 1. The van der Waals surface area contributed by atoms with Crippen molar-refractivity contribution in [1.82, 2.24) is 15.2 Å². The van der Waals surface area contributed by atoms with E-state index in [2.05, 4.69) is 10.3 Å². The number of ether oxygens (including phenoxy) is 1. The second-order valence-corrected chi connectivity index (χ2v) is 5.51. The molecule has 1 saturated heterocycles. The van der Waals surface area contributed by atoms with Crippen LogP contribution < -0.4 is 10.1 Å². The Morgan fingerprint density at radius 2 is 2.27 bits per heavy atom. The molecule has 1 aliphatic rings. The average Bonchev–Trinajstić information content (AvgIpc) is 3.03. The molecule has 22 heavy (non-hydrogen) atoms. The standard InChI is InChI=1S/C16H19N3O3/c1-3-22-12-5-4-10-6-14(18-13(10)8-12)16(21)17-11-7-15(20)19(2)9-11/h4-6,8,11,18H,3,7,9H2,1-2H3,(H,17,21)/t11-/m0/s1. The number of nitrogens with one attached hydrogen (secondary N) is 2. The van der Waals surface area contributed by atoms with Gasteiger partial charge in [-0.15, -0.1) is 0 Å². The van der Waals surface area contributed by atoms with Crippen LogP contribution in [0, 0.1) is 0 Å². The van der Waals surface area contributed by atoms with Gasteiger partial charge in [0.05, 0.1) is 12.6 Å². The van der Waals surface area contributed by atoms with Gasteiger partial charge < -0.3 is 19.9 Å². The topological polar surface area (TPSA) is 74.4 Å². The van der Waals surface area contributed by atoms with Gasteiger partial charge in [-0.25, -0.2) is 0 Å². The van der Waals surface area contributed by atoms with Crippen molar-refractivity contribution in [3.05, 3.63) is 30.0 Å². The second-order valence-electron chi connectivity index (χ2n) is 5.51. The molecule has 0 spiro atoms. The maximum Gasteiger partial charge on any atom is 0.268 e. The molecule has 1 aliphatic heterocycles. The fourth-order valence-electron chi connectivity index (χ4n) is 2.71. The lowest BCUT2D eigenvalue weighted by atomic mass is 10.2. The number of hydrogen-bond donors (Lipinski definition) is 2. The first-order chi connectivity index (χ1) is 10.6. The lowest BCUT2D eigenvalue weighted by Gasteiger charge is -2.11.